The van der Waals surface area contributed by atoms with E-state index < -0.39 is 0 Å². The molecular weight excluding hydrogens is 150 g/mol. The summed E-state index contributed by atoms with van der Waals surface area (Å²) in [5.41, 5.74) is 0. The lowest BCUT2D eigenvalue weighted by atomic mass is 10.2. The maximum absolute atomic E-state index is 8.32. The Morgan fingerprint density at radius 1 is 1.08 bits per heavy atom. The summed E-state index contributed by atoms with van der Waals surface area (Å²) in [6.07, 6.45) is 0. The Balaban J connectivity index is -0.000000175. The molecule has 12 heavy (non-hydrogen) atoms. The van der Waals surface area contributed by atoms with Crippen LogP contribution in [0.1, 0.15) is 41.5 Å². The molecule has 0 atom stereocenters. The molecule has 0 heterocycles. The fourth-order valence-corrected chi connectivity index (χ4v) is 0.470. The molecule has 78 valence electrons. The Morgan fingerprint density at radius 3 is 1.75 bits per heavy atom. The van der Waals surface area contributed by atoms with Gasteiger partial charge in [0.25, 0.3) is 0 Å². The van der Waals surface area contributed by atoms with E-state index in [9.17, 15) is 0 Å². The molecule has 0 bridgehead atoms. The van der Waals surface area contributed by atoms with E-state index in [0.29, 0.717) is 5.92 Å². The van der Waals surface area contributed by atoms with E-state index in [4.69, 9.17) is 5.11 Å². The third-order valence-electron chi connectivity index (χ3n) is 0.841. The molecule has 0 unspecified atom stereocenters. The minimum Gasteiger partial charge on any atom is -0.395 e. The number of hydrogen-bond acceptors (Lipinski definition) is 2. The first-order valence-corrected chi connectivity index (χ1v) is 5.09. The van der Waals surface area contributed by atoms with E-state index in [-0.39, 0.29) is 6.61 Å². The molecule has 0 aromatic heterocycles. The molecule has 2 nitrogen and oxygen atoms in total. The molecule has 2 N–H and O–H groups in total. The topological polar surface area (TPSA) is 32.3 Å². The van der Waals surface area contributed by atoms with Gasteiger partial charge < -0.3 is 10.4 Å². The second-order valence-electron chi connectivity index (χ2n) is 2.32. The summed E-state index contributed by atoms with van der Waals surface area (Å²) >= 11 is 0. The number of rotatable bonds is 4. The number of hydrogen-bond donors (Lipinski definition) is 2. The van der Waals surface area contributed by atoms with Crippen molar-refractivity contribution < 1.29 is 5.11 Å². The lowest BCUT2D eigenvalue weighted by Crippen LogP contribution is -2.22. The fraction of sp³-hybridized carbons (Fsp3) is 1.00. The van der Waals surface area contributed by atoms with Gasteiger partial charge in [-0.1, -0.05) is 41.5 Å². The molecule has 0 amide bonds. The van der Waals surface area contributed by atoms with E-state index in [2.05, 4.69) is 19.2 Å². The molecule has 0 radical (unpaired) electrons. The minimum absolute atomic E-state index is 0.243. The number of nitrogens with one attached hydrogen (secondary N) is 1. The molecule has 0 spiro atoms. The van der Waals surface area contributed by atoms with E-state index >= 15 is 0 Å². The number of aliphatic hydroxyl groups excluding tert-OH is 1. The van der Waals surface area contributed by atoms with Crippen LogP contribution in [0.15, 0.2) is 0 Å². The predicted molar refractivity (Wildman–Crippen MR) is 57.5 cm³/mol. The van der Waals surface area contributed by atoms with Crippen molar-refractivity contribution in [3.8, 4) is 0 Å². The highest BCUT2D eigenvalue weighted by molar-refractivity contribution is 4.48. The van der Waals surface area contributed by atoms with Gasteiger partial charge in [0, 0.05) is 6.54 Å². The van der Waals surface area contributed by atoms with Gasteiger partial charge in [0.15, 0.2) is 0 Å². The average molecular weight is 177 g/mol. The van der Waals surface area contributed by atoms with Gasteiger partial charge in [0.1, 0.15) is 0 Å². The minimum atomic E-state index is 0.243. The van der Waals surface area contributed by atoms with Crippen molar-refractivity contribution in [2.75, 3.05) is 19.7 Å². The number of aliphatic hydroxyl groups is 1. The average Bonchev–Trinajstić information content (AvgIpc) is 2.12. The van der Waals surface area contributed by atoms with E-state index in [1.54, 1.807) is 0 Å². The van der Waals surface area contributed by atoms with Gasteiger partial charge in [-0.05, 0) is 12.5 Å². The highest BCUT2D eigenvalue weighted by Gasteiger charge is 1.89. The van der Waals surface area contributed by atoms with E-state index in [1.165, 1.54) is 0 Å². The Morgan fingerprint density at radius 2 is 1.50 bits per heavy atom. The summed E-state index contributed by atoms with van der Waals surface area (Å²) in [6.45, 7) is 14.3. The SMILES string of the molecule is CC.CC.CC(C)CNCCO. The third-order valence-corrected chi connectivity index (χ3v) is 0.841. The zero-order chi connectivity index (χ0) is 10.4. The van der Waals surface area contributed by atoms with E-state index in [1.807, 2.05) is 27.7 Å². The van der Waals surface area contributed by atoms with Crippen LogP contribution in [0.2, 0.25) is 0 Å². The zero-order valence-electron chi connectivity index (χ0n) is 9.65. The highest BCUT2D eigenvalue weighted by Crippen LogP contribution is 1.85. The fourth-order valence-electron chi connectivity index (χ4n) is 0.470. The lowest BCUT2D eigenvalue weighted by molar-refractivity contribution is 0.289. The lowest BCUT2D eigenvalue weighted by Gasteiger charge is -2.03. The van der Waals surface area contributed by atoms with Gasteiger partial charge in [0.05, 0.1) is 6.61 Å². The molecule has 0 fully saturated rings. The van der Waals surface area contributed by atoms with Crippen LogP contribution in [-0.4, -0.2) is 24.8 Å². The van der Waals surface area contributed by atoms with Crippen molar-refractivity contribution >= 4 is 0 Å². The van der Waals surface area contributed by atoms with Crippen LogP contribution in [0.4, 0.5) is 0 Å². The molecule has 0 aliphatic rings. The summed E-state index contributed by atoms with van der Waals surface area (Å²) in [4.78, 5) is 0. The normalized spacial score (nSPS) is 8.00. The summed E-state index contributed by atoms with van der Waals surface area (Å²) in [5.74, 6) is 0.682. The van der Waals surface area contributed by atoms with Crippen molar-refractivity contribution in [1.29, 1.82) is 0 Å². The van der Waals surface area contributed by atoms with Crippen molar-refractivity contribution in [3.63, 3.8) is 0 Å². The predicted octanol–water partition coefficient (Wildman–Crippen LogP) is 2.28. The van der Waals surface area contributed by atoms with Gasteiger partial charge >= 0.3 is 0 Å². The molecular formula is C10H27NO. The quantitative estimate of drug-likeness (QED) is 0.646. The van der Waals surface area contributed by atoms with Crippen LogP contribution in [0, 0.1) is 5.92 Å². The Labute approximate surface area is 78.4 Å². The van der Waals surface area contributed by atoms with Crippen molar-refractivity contribution in [2.24, 2.45) is 5.92 Å². The third kappa shape index (κ3) is 32.6. The smallest absolute Gasteiger partial charge is 0.0555 e. The zero-order valence-corrected chi connectivity index (χ0v) is 9.65. The van der Waals surface area contributed by atoms with Crippen molar-refractivity contribution in [2.45, 2.75) is 41.5 Å². The summed E-state index contributed by atoms with van der Waals surface area (Å²) in [5, 5.41) is 11.4. The Bertz CT molecular complexity index is 47.1. The van der Waals surface area contributed by atoms with Crippen LogP contribution >= 0.6 is 0 Å². The molecule has 0 rings (SSSR count). The highest BCUT2D eigenvalue weighted by atomic mass is 16.3. The van der Waals surface area contributed by atoms with Crippen LogP contribution in [0.25, 0.3) is 0 Å². The van der Waals surface area contributed by atoms with Crippen molar-refractivity contribution in [1.82, 2.24) is 5.32 Å². The second kappa shape index (κ2) is 22.4. The summed E-state index contributed by atoms with van der Waals surface area (Å²) < 4.78 is 0. The molecule has 0 aliphatic heterocycles. The first-order valence-electron chi connectivity index (χ1n) is 5.09. The van der Waals surface area contributed by atoms with E-state index in [0.717, 1.165) is 13.1 Å². The largest absolute Gasteiger partial charge is 0.395 e. The molecule has 0 aliphatic carbocycles. The van der Waals surface area contributed by atoms with Crippen LogP contribution < -0.4 is 5.32 Å². The maximum atomic E-state index is 8.32. The van der Waals surface area contributed by atoms with Gasteiger partial charge in [-0.15, -0.1) is 0 Å². The summed E-state index contributed by atoms with van der Waals surface area (Å²) in [7, 11) is 0. The second-order valence-corrected chi connectivity index (χ2v) is 2.32. The monoisotopic (exact) mass is 177 g/mol. The molecule has 2 heteroatoms. The molecule has 0 aromatic carbocycles. The van der Waals surface area contributed by atoms with Crippen LogP contribution in [0.3, 0.4) is 0 Å². The molecule has 0 saturated heterocycles. The van der Waals surface area contributed by atoms with Crippen LogP contribution in [-0.2, 0) is 0 Å². The van der Waals surface area contributed by atoms with Gasteiger partial charge in [-0.25, -0.2) is 0 Å². The van der Waals surface area contributed by atoms with Gasteiger partial charge in [0.2, 0.25) is 0 Å². The maximum Gasteiger partial charge on any atom is 0.0555 e. The molecule has 0 aromatic rings. The Kier molecular flexibility index (Phi) is 33.4. The summed E-state index contributed by atoms with van der Waals surface area (Å²) in [6, 6.07) is 0. The van der Waals surface area contributed by atoms with Crippen LogP contribution in [0.5, 0.6) is 0 Å². The van der Waals surface area contributed by atoms with Gasteiger partial charge in [-0.3, -0.25) is 0 Å². The van der Waals surface area contributed by atoms with Crippen molar-refractivity contribution in [3.05, 3.63) is 0 Å². The first kappa shape index (κ1) is 17.9. The Hall–Kier alpha value is -0.0800. The molecule has 0 saturated carbocycles. The first-order chi connectivity index (χ1) is 5.77. The standard InChI is InChI=1S/C6H15NO.2C2H6/c1-6(2)5-7-3-4-8;2*1-2/h6-8H,3-5H2,1-2H3;2*1-2H3. The van der Waals surface area contributed by atoms with Gasteiger partial charge in [-0.2, -0.15) is 0 Å².